The normalized spacial score (nSPS) is 26.5. The smallest absolute Gasteiger partial charge is 0.306 e. The van der Waals surface area contributed by atoms with Crippen molar-refractivity contribution in [1.82, 2.24) is 20.1 Å². The minimum atomic E-state index is -0.719. The van der Waals surface area contributed by atoms with E-state index in [0.29, 0.717) is 19.4 Å². The Bertz CT molecular complexity index is 363. The fraction of sp³-hybridized carbons (Fsp3) is 0.667. The molecular formula is C9H14N4O2. The van der Waals surface area contributed by atoms with Crippen molar-refractivity contribution in [3.8, 4) is 0 Å². The number of piperidine rings is 1. The minimum absolute atomic E-state index is 0.00681. The van der Waals surface area contributed by atoms with Crippen LogP contribution in [0.25, 0.3) is 0 Å². The van der Waals surface area contributed by atoms with Crippen LogP contribution in [0, 0.1) is 5.92 Å². The summed E-state index contributed by atoms with van der Waals surface area (Å²) in [5.41, 5.74) is 0. The first kappa shape index (κ1) is 10.1. The average Bonchev–Trinajstić information content (AvgIpc) is 2.64. The predicted molar refractivity (Wildman–Crippen MR) is 52.1 cm³/mol. The lowest BCUT2D eigenvalue weighted by molar-refractivity contribution is -0.143. The molecule has 1 aliphatic rings. The first-order valence-electron chi connectivity index (χ1n) is 4.98. The highest BCUT2D eigenvalue weighted by Crippen LogP contribution is 2.25. The summed E-state index contributed by atoms with van der Waals surface area (Å²) in [6.45, 7) is 0.717. The quantitative estimate of drug-likeness (QED) is 0.714. The topological polar surface area (TPSA) is 80.0 Å². The largest absolute Gasteiger partial charge is 0.481 e. The van der Waals surface area contributed by atoms with Crippen LogP contribution in [0.4, 0.5) is 0 Å². The Balaban J connectivity index is 2.11. The van der Waals surface area contributed by atoms with E-state index >= 15 is 0 Å². The molecule has 1 aromatic rings. The molecule has 6 nitrogen and oxygen atoms in total. The zero-order chi connectivity index (χ0) is 10.8. The molecule has 0 spiro atoms. The van der Waals surface area contributed by atoms with Crippen LogP contribution in [-0.4, -0.2) is 32.4 Å². The minimum Gasteiger partial charge on any atom is -0.481 e. The second-order valence-electron chi connectivity index (χ2n) is 3.81. The third kappa shape index (κ3) is 1.99. The number of carboxylic acid groups (broad SMARTS) is 1. The van der Waals surface area contributed by atoms with Gasteiger partial charge < -0.3 is 10.4 Å². The van der Waals surface area contributed by atoms with Crippen molar-refractivity contribution in [2.75, 3.05) is 6.54 Å². The van der Waals surface area contributed by atoms with Gasteiger partial charge in [-0.1, -0.05) is 0 Å². The predicted octanol–water partition coefficient (Wildman–Crippen LogP) is -0.0596. The van der Waals surface area contributed by atoms with E-state index < -0.39 is 5.97 Å². The third-order valence-electron chi connectivity index (χ3n) is 2.81. The molecule has 0 radical (unpaired) electrons. The van der Waals surface area contributed by atoms with Gasteiger partial charge in [0.1, 0.15) is 12.2 Å². The molecule has 15 heavy (non-hydrogen) atoms. The van der Waals surface area contributed by atoms with E-state index in [-0.39, 0.29) is 12.0 Å². The van der Waals surface area contributed by atoms with E-state index in [2.05, 4.69) is 15.4 Å². The summed E-state index contributed by atoms with van der Waals surface area (Å²) in [7, 11) is 1.81. The number of aryl methyl sites for hydroxylation is 1. The Kier molecular flexibility index (Phi) is 2.68. The lowest BCUT2D eigenvalue weighted by Gasteiger charge is -2.27. The molecule has 0 bridgehead atoms. The molecule has 0 aromatic carbocycles. The van der Waals surface area contributed by atoms with Crippen LogP contribution in [0.15, 0.2) is 6.33 Å². The van der Waals surface area contributed by atoms with Crippen LogP contribution in [0.3, 0.4) is 0 Å². The highest BCUT2D eigenvalue weighted by Gasteiger charge is 2.29. The van der Waals surface area contributed by atoms with Crippen LogP contribution in [-0.2, 0) is 11.8 Å². The van der Waals surface area contributed by atoms with Crippen LogP contribution in [0.5, 0.6) is 0 Å². The van der Waals surface area contributed by atoms with Gasteiger partial charge >= 0.3 is 5.97 Å². The van der Waals surface area contributed by atoms with Gasteiger partial charge in [-0.2, -0.15) is 5.10 Å². The number of hydrogen-bond donors (Lipinski definition) is 2. The van der Waals surface area contributed by atoms with E-state index in [1.165, 1.54) is 6.33 Å². The molecule has 6 heteroatoms. The van der Waals surface area contributed by atoms with Gasteiger partial charge in [-0.25, -0.2) is 4.98 Å². The molecule has 0 amide bonds. The molecule has 0 aliphatic carbocycles. The first-order valence-corrected chi connectivity index (χ1v) is 4.98. The zero-order valence-corrected chi connectivity index (χ0v) is 8.55. The van der Waals surface area contributed by atoms with Gasteiger partial charge in [0.2, 0.25) is 0 Å². The summed E-state index contributed by atoms with van der Waals surface area (Å²) in [4.78, 5) is 15.0. The van der Waals surface area contributed by atoms with E-state index in [9.17, 15) is 4.79 Å². The van der Waals surface area contributed by atoms with Crippen LogP contribution >= 0.6 is 0 Å². The van der Waals surface area contributed by atoms with Gasteiger partial charge in [-0.15, -0.1) is 0 Å². The molecule has 1 saturated heterocycles. The summed E-state index contributed by atoms with van der Waals surface area (Å²) < 4.78 is 1.68. The third-order valence-corrected chi connectivity index (χ3v) is 2.81. The number of carboxylic acids is 1. The zero-order valence-electron chi connectivity index (χ0n) is 8.55. The molecule has 1 aromatic heterocycles. The second kappa shape index (κ2) is 3.98. The van der Waals surface area contributed by atoms with Gasteiger partial charge in [0.15, 0.2) is 0 Å². The number of hydrogen-bond acceptors (Lipinski definition) is 4. The highest BCUT2D eigenvalue weighted by atomic mass is 16.4. The van der Waals surface area contributed by atoms with Crippen LogP contribution in [0.2, 0.25) is 0 Å². The number of aliphatic carboxylic acids is 1. The SMILES string of the molecule is Cn1ncnc1C1CC(C(=O)O)CCN1. The number of nitrogens with one attached hydrogen (secondary N) is 1. The maximum atomic E-state index is 10.9. The van der Waals surface area contributed by atoms with Crippen molar-refractivity contribution in [2.24, 2.45) is 13.0 Å². The monoisotopic (exact) mass is 210 g/mol. The number of nitrogens with zero attached hydrogens (tertiary/aromatic N) is 3. The molecule has 1 fully saturated rings. The molecule has 2 heterocycles. The molecule has 2 unspecified atom stereocenters. The van der Waals surface area contributed by atoms with Crippen molar-refractivity contribution < 1.29 is 9.90 Å². The molecule has 2 N–H and O–H groups in total. The summed E-state index contributed by atoms with van der Waals surface area (Å²) >= 11 is 0. The maximum Gasteiger partial charge on any atom is 0.306 e. The number of aromatic nitrogens is 3. The second-order valence-corrected chi connectivity index (χ2v) is 3.81. The average molecular weight is 210 g/mol. The number of rotatable bonds is 2. The van der Waals surface area contributed by atoms with Gasteiger partial charge in [0.25, 0.3) is 0 Å². The van der Waals surface area contributed by atoms with Crippen molar-refractivity contribution in [3.05, 3.63) is 12.2 Å². The summed E-state index contributed by atoms with van der Waals surface area (Å²) in [5.74, 6) is -0.183. The molecule has 2 rings (SSSR count). The lowest BCUT2D eigenvalue weighted by Crippen LogP contribution is -2.36. The van der Waals surface area contributed by atoms with Crippen LogP contribution < -0.4 is 5.32 Å². The van der Waals surface area contributed by atoms with E-state index in [1.54, 1.807) is 4.68 Å². The fourth-order valence-electron chi connectivity index (χ4n) is 1.96. The summed E-state index contributed by atoms with van der Waals surface area (Å²) in [6, 6.07) is 0.00681. The van der Waals surface area contributed by atoms with E-state index in [4.69, 9.17) is 5.11 Å². The Morgan fingerprint density at radius 1 is 1.73 bits per heavy atom. The van der Waals surface area contributed by atoms with Gasteiger partial charge in [-0.05, 0) is 19.4 Å². The van der Waals surface area contributed by atoms with Crippen molar-refractivity contribution >= 4 is 5.97 Å². The van der Waals surface area contributed by atoms with Crippen molar-refractivity contribution in [2.45, 2.75) is 18.9 Å². The molecule has 1 aliphatic heterocycles. The molecule has 82 valence electrons. The number of carbonyl (C=O) groups is 1. The molecule has 2 atom stereocenters. The van der Waals surface area contributed by atoms with E-state index in [1.807, 2.05) is 7.05 Å². The Morgan fingerprint density at radius 2 is 2.53 bits per heavy atom. The summed E-state index contributed by atoms with van der Waals surface area (Å²) in [6.07, 6.45) is 2.76. The highest BCUT2D eigenvalue weighted by molar-refractivity contribution is 5.70. The van der Waals surface area contributed by atoms with Crippen molar-refractivity contribution in [1.29, 1.82) is 0 Å². The molecule has 0 saturated carbocycles. The molecular weight excluding hydrogens is 196 g/mol. The Hall–Kier alpha value is -1.43. The van der Waals surface area contributed by atoms with E-state index in [0.717, 1.165) is 5.82 Å². The maximum absolute atomic E-state index is 10.9. The van der Waals surface area contributed by atoms with Crippen molar-refractivity contribution in [3.63, 3.8) is 0 Å². The van der Waals surface area contributed by atoms with Crippen LogP contribution in [0.1, 0.15) is 24.7 Å². The standard InChI is InChI=1S/C9H14N4O2/c1-13-8(11-5-12-13)7-4-6(9(14)15)2-3-10-7/h5-7,10H,2-4H2,1H3,(H,14,15). The first-order chi connectivity index (χ1) is 7.18. The Morgan fingerprint density at radius 3 is 3.13 bits per heavy atom. The lowest BCUT2D eigenvalue weighted by atomic mass is 9.92. The fourth-order valence-corrected chi connectivity index (χ4v) is 1.96. The van der Waals surface area contributed by atoms with Gasteiger partial charge in [0.05, 0.1) is 12.0 Å². The van der Waals surface area contributed by atoms with Gasteiger partial charge in [0, 0.05) is 7.05 Å². The Labute approximate surface area is 87.3 Å². The summed E-state index contributed by atoms with van der Waals surface area (Å²) in [5, 5.41) is 16.2. The van der Waals surface area contributed by atoms with Gasteiger partial charge in [-0.3, -0.25) is 9.48 Å².